The van der Waals surface area contributed by atoms with Gasteiger partial charge in [0.1, 0.15) is 0 Å². The Hall–Kier alpha value is 0.270. The minimum absolute atomic E-state index is 0.137. The summed E-state index contributed by atoms with van der Waals surface area (Å²) in [5, 5.41) is 8.34. The summed E-state index contributed by atoms with van der Waals surface area (Å²) in [7, 11) is 0. The van der Waals surface area contributed by atoms with E-state index in [0.717, 1.165) is 12.4 Å². The third-order valence-corrected chi connectivity index (χ3v) is 2.11. The van der Waals surface area contributed by atoms with Crippen LogP contribution in [0, 0.1) is 0 Å². The average molecular weight is 164 g/mol. The minimum atomic E-state index is 0.137. The van der Waals surface area contributed by atoms with Gasteiger partial charge in [-0.25, -0.2) is 0 Å². The first kappa shape index (κ1) is 10.3. The number of thioether (sulfide) groups is 1. The highest BCUT2D eigenvalue weighted by Gasteiger charge is 1.87. The Balaban J connectivity index is 2.65. The van der Waals surface area contributed by atoms with Gasteiger partial charge in [0.2, 0.25) is 0 Å². The van der Waals surface area contributed by atoms with Crippen molar-refractivity contribution in [2.75, 3.05) is 31.3 Å². The van der Waals surface area contributed by atoms with Crippen LogP contribution in [0.1, 0.15) is 13.3 Å². The van der Waals surface area contributed by atoms with Gasteiger partial charge in [-0.15, -0.1) is 0 Å². The third-order valence-electron chi connectivity index (χ3n) is 0.956. The molecule has 0 aromatic carbocycles. The van der Waals surface area contributed by atoms with E-state index in [-0.39, 0.29) is 6.61 Å². The lowest BCUT2D eigenvalue weighted by molar-refractivity contribution is 0.103. The van der Waals surface area contributed by atoms with E-state index in [0.29, 0.717) is 6.61 Å². The zero-order chi connectivity index (χ0) is 7.66. The summed E-state index contributed by atoms with van der Waals surface area (Å²) in [4.78, 5) is 0. The molecule has 10 heavy (non-hydrogen) atoms. The molecule has 0 atom stereocenters. The fourth-order valence-electron chi connectivity index (χ4n) is 0.531. The molecule has 0 amide bonds. The Bertz CT molecular complexity index is 51.6. The highest BCUT2D eigenvalue weighted by Crippen LogP contribution is 2.00. The van der Waals surface area contributed by atoms with Crippen LogP contribution in [-0.4, -0.2) is 36.4 Å². The molecule has 0 aromatic heterocycles. The Morgan fingerprint density at radius 1 is 1.30 bits per heavy atom. The molecule has 0 spiro atoms. The van der Waals surface area contributed by atoms with Gasteiger partial charge in [0.15, 0.2) is 0 Å². The monoisotopic (exact) mass is 164 g/mol. The zero-order valence-electron chi connectivity index (χ0n) is 6.51. The van der Waals surface area contributed by atoms with Gasteiger partial charge in [-0.3, -0.25) is 0 Å². The molecule has 0 unspecified atom stereocenters. The van der Waals surface area contributed by atoms with Crippen molar-refractivity contribution >= 4 is 11.8 Å². The zero-order valence-corrected chi connectivity index (χ0v) is 7.32. The lowest BCUT2D eigenvalue weighted by atomic mass is 10.6. The van der Waals surface area contributed by atoms with E-state index in [1.807, 2.05) is 11.8 Å². The maximum atomic E-state index is 8.34. The van der Waals surface area contributed by atoms with E-state index >= 15 is 0 Å². The fraction of sp³-hybridized carbons (Fsp3) is 1.00. The van der Waals surface area contributed by atoms with E-state index in [1.165, 1.54) is 12.2 Å². The number of hydrogen-bond acceptors (Lipinski definition) is 3. The molecule has 0 saturated heterocycles. The standard InChI is InChI=1S/C7H16O2S/c1-2-6-10-7-5-9-4-3-8/h8H,2-7H2,1H3. The first-order valence-corrected chi connectivity index (χ1v) is 4.83. The van der Waals surface area contributed by atoms with Crippen LogP contribution in [-0.2, 0) is 4.74 Å². The van der Waals surface area contributed by atoms with Crippen LogP contribution in [0.2, 0.25) is 0 Å². The lowest BCUT2D eigenvalue weighted by Gasteiger charge is -2.00. The van der Waals surface area contributed by atoms with Gasteiger partial charge in [0.05, 0.1) is 19.8 Å². The summed E-state index contributed by atoms with van der Waals surface area (Å²) in [5.41, 5.74) is 0. The highest BCUT2D eigenvalue weighted by atomic mass is 32.2. The molecule has 0 aliphatic heterocycles. The van der Waals surface area contributed by atoms with Crippen LogP contribution in [0.3, 0.4) is 0 Å². The van der Waals surface area contributed by atoms with Crippen LogP contribution in [0.25, 0.3) is 0 Å². The van der Waals surface area contributed by atoms with E-state index in [9.17, 15) is 0 Å². The molecule has 3 heteroatoms. The molecule has 0 bridgehead atoms. The van der Waals surface area contributed by atoms with Crippen LogP contribution in [0.15, 0.2) is 0 Å². The molecular formula is C7H16O2S. The van der Waals surface area contributed by atoms with Gasteiger partial charge in [-0.05, 0) is 12.2 Å². The summed E-state index contributed by atoms with van der Waals surface area (Å²) in [6, 6.07) is 0. The predicted molar refractivity (Wildman–Crippen MR) is 45.5 cm³/mol. The molecule has 0 aliphatic rings. The van der Waals surface area contributed by atoms with Crippen molar-refractivity contribution in [3.63, 3.8) is 0 Å². The molecule has 1 N–H and O–H groups in total. The third kappa shape index (κ3) is 8.27. The Labute approximate surface area is 67.0 Å². The largest absolute Gasteiger partial charge is 0.394 e. The summed E-state index contributed by atoms with van der Waals surface area (Å²) < 4.78 is 5.06. The van der Waals surface area contributed by atoms with Crippen molar-refractivity contribution in [1.29, 1.82) is 0 Å². The molecular weight excluding hydrogens is 148 g/mol. The summed E-state index contributed by atoms with van der Waals surface area (Å²) in [6.45, 7) is 3.55. The molecule has 0 aliphatic carbocycles. The van der Waals surface area contributed by atoms with Crippen molar-refractivity contribution in [1.82, 2.24) is 0 Å². The molecule has 0 rings (SSSR count). The molecule has 0 heterocycles. The van der Waals surface area contributed by atoms with Gasteiger partial charge in [0, 0.05) is 5.75 Å². The predicted octanol–water partition coefficient (Wildman–Crippen LogP) is 1.14. The van der Waals surface area contributed by atoms with Crippen LogP contribution < -0.4 is 0 Å². The van der Waals surface area contributed by atoms with Gasteiger partial charge in [0.25, 0.3) is 0 Å². The second kappa shape index (κ2) is 9.27. The normalized spacial score (nSPS) is 10.2. The van der Waals surface area contributed by atoms with Gasteiger partial charge < -0.3 is 9.84 Å². The SMILES string of the molecule is CCCSCCOCCO. The van der Waals surface area contributed by atoms with E-state index < -0.39 is 0 Å². The number of ether oxygens (including phenoxy) is 1. The minimum Gasteiger partial charge on any atom is -0.394 e. The van der Waals surface area contributed by atoms with E-state index in [4.69, 9.17) is 9.84 Å². The van der Waals surface area contributed by atoms with Crippen LogP contribution in [0.4, 0.5) is 0 Å². The molecule has 0 fully saturated rings. The second-order valence-corrected chi connectivity index (χ2v) is 3.17. The summed E-state index contributed by atoms with van der Waals surface area (Å²) in [6.07, 6.45) is 1.23. The topological polar surface area (TPSA) is 29.5 Å². The summed E-state index contributed by atoms with van der Waals surface area (Å²) in [5.74, 6) is 2.26. The van der Waals surface area contributed by atoms with Crippen molar-refractivity contribution in [2.24, 2.45) is 0 Å². The van der Waals surface area contributed by atoms with Gasteiger partial charge >= 0.3 is 0 Å². The Kier molecular flexibility index (Phi) is 9.52. The van der Waals surface area contributed by atoms with Crippen LogP contribution in [0.5, 0.6) is 0 Å². The molecule has 2 nitrogen and oxygen atoms in total. The maximum absolute atomic E-state index is 8.34. The fourth-order valence-corrected chi connectivity index (χ4v) is 1.26. The van der Waals surface area contributed by atoms with Crippen molar-refractivity contribution < 1.29 is 9.84 Å². The Morgan fingerprint density at radius 3 is 2.70 bits per heavy atom. The van der Waals surface area contributed by atoms with Gasteiger partial charge in [-0.1, -0.05) is 6.92 Å². The molecule has 0 radical (unpaired) electrons. The number of hydrogen-bond donors (Lipinski definition) is 1. The number of aliphatic hydroxyl groups is 1. The Morgan fingerprint density at radius 2 is 2.10 bits per heavy atom. The average Bonchev–Trinajstić information content (AvgIpc) is 1.97. The lowest BCUT2D eigenvalue weighted by Crippen LogP contribution is -2.02. The smallest absolute Gasteiger partial charge is 0.0698 e. The first-order valence-electron chi connectivity index (χ1n) is 3.68. The molecule has 0 aromatic rings. The number of aliphatic hydroxyl groups excluding tert-OH is 1. The second-order valence-electron chi connectivity index (χ2n) is 1.95. The molecule has 62 valence electrons. The highest BCUT2D eigenvalue weighted by molar-refractivity contribution is 7.99. The molecule has 0 saturated carbocycles. The van der Waals surface area contributed by atoms with E-state index in [2.05, 4.69) is 6.92 Å². The van der Waals surface area contributed by atoms with Crippen LogP contribution >= 0.6 is 11.8 Å². The maximum Gasteiger partial charge on any atom is 0.0698 e. The van der Waals surface area contributed by atoms with Gasteiger partial charge in [-0.2, -0.15) is 11.8 Å². The summed E-state index contributed by atoms with van der Waals surface area (Å²) >= 11 is 1.90. The quantitative estimate of drug-likeness (QED) is 0.572. The number of rotatable bonds is 7. The van der Waals surface area contributed by atoms with E-state index in [1.54, 1.807) is 0 Å². The van der Waals surface area contributed by atoms with Crippen molar-refractivity contribution in [3.8, 4) is 0 Å². The first-order chi connectivity index (χ1) is 4.91. The van der Waals surface area contributed by atoms with Crippen molar-refractivity contribution in [2.45, 2.75) is 13.3 Å². The van der Waals surface area contributed by atoms with Crippen molar-refractivity contribution in [3.05, 3.63) is 0 Å².